The molecule has 0 amide bonds. The fourth-order valence-corrected chi connectivity index (χ4v) is 2.77. The Bertz CT molecular complexity index is 1050. The van der Waals surface area contributed by atoms with E-state index in [1.807, 2.05) is 12.1 Å². The number of methoxy groups -OCH3 is 2. The molecule has 28 heavy (non-hydrogen) atoms. The number of anilines is 1. The van der Waals surface area contributed by atoms with Gasteiger partial charge in [0.2, 0.25) is 5.95 Å². The molecule has 3 rings (SSSR count). The van der Waals surface area contributed by atoms with Crippen LogP contribution in [0, 0.1) is 0 Å². The van der Waals surface area contributed by atoms with E-state index in [1.54, 1.807) is 42.2 Å². The van der Waals surface area contributed by atoms with Gasteiger partial charge in [-0.25, -0.2) is 10.4 Å². The van der Waals surface area contributed by atoms with Crippen LogP contribution in [0.3, 0.4) is 0 Å². The number of hydrogen-bond donors (Lipinski definition) is 2. The summed E-state index contributed by atoms with van der Waals surface area (Å²) in [7, 11) is 3.10. The molecule has 8 nitrogen and oxygen atoms in total. The molecule has 0 spiro atoms. The van der Waals surface area contributed by atoms with Crippen molar-refractivity contribution < 1.29 is 14.6 Å². The third-order valence-corrected chi connectivity index (χ3v) is 4.17. The van der Waals surface area contributed by atoms with Crippen LogP contribution in [0.25, 0.3) is 10.9 Å². The lowest BCUT2D eigenvalue weighted by molar-refractivity contribution is 0.190. The second-order valence-corrected chi connectivity index (χ2v) is 6.06. The Hall–Kier alpha value is -3.39. The number of hydrogen-bond acceptors (Lipinski definition) is 7. The molecule has 2 aromatic carbocycles. The largest absolute Gasteiger partial charge is 0.504 e. The summed E-state index contributed by atoms with van der Waals surface area (Å²) in [5, 5.41) is 14.4. The van der Waals surface area contributed by atoms with Gasteiger partial charge in [0, 0.05) is 20.3 Å². The maximum absolute atomic E-state index is 12.8. The van der Waals surface area contributed by atoms with Crippen LogP contribution in [0.1, 0.15) is 12.0 Å². The molecule has 0 aliphatic heterocycles. The topological polar surface area (TPSA) is 98.0 Å². The number of aromatic hydroxyl groups is 1. The minimum absolute atomic E-state index is 0.0517. The van der Waals surface area contributed by atoms with E-state index < -0.39 is 0 Å². The number of fused-ring (bicyclic) bond motifs is 1. The highest BCUT2D eigenvalue weighted by atomic mass is 16.5. The molecule has 0 aliphatic carbocycles. The zero-order valence-electron chi connectivity index (χ0n) is 15.8. The van der Waals surface area contributed by atoms with Crippen molar-refractivity contribution in [3.05, 3.63) is 58.4 Å². The number of hydrazone groups is 1. The number of benzene rings is 2. The van der Waals surface area contributed by atoms with Gasteiger partial charge in [0.05, 0.1) is 24.2 Å². The van der Waals surface area contributed by atoms with Crippen molar-refractivity contribution in [1.82, 2.24) is 9.55 Å². The van der Waals surface area contributed by atoms with Gasteiger partial charge in [-0.2, -0.15) is 5.10 Å². The number of phenols is 1. The maximum Gasteiger partial charge on any atom is 0.262 e. The van der Waals surface area contributed by atoms with E-state index in [-0.39, 0.29) is 11.3 Å². The van der Waals surface area contributed by atoms with E-state index in [0.29, 0.717) is 42.2 Å². The molecule has 0 fully saturated rings. The average molecular weight is 382 g/mol. The van der Waals surface area contributed by atoms with Gasteiger partial charge in [-0.1, -0.05) is 12.1 Å². The van der Waals surface area contributed by atoms with Crippen molar-refractivity contribution in [1.29, 1.82) is 0 Å². The fourth-order valence-electron chi connectivity index (χ4n) is 2.77. The Kier molecular flexibility index (Phi) is 6.23. The first-order valence-corrected chi connectivity index (χ1v) is 8.78. The lowest BCUT2D eigenvalue weighted by Gasteiger charge is -2.12. The molecule has 146 valence electrons. The normalized spacial score (nSPS) is 11.2. The molecule has 8 heteroatoms. The monoisotopic (exact) mass is 382 g/mol. The van der Waals surface area contributed by atoms with Crippen LogP contribution in [0.4, 0.5) is 5.95 Å². The van der Waals surface area contributed by atoms with E-state index in [9.17, 15) is 9.90 Å². The van der Waals surface area contributed by atoms with Gasteiger partial charge in [-0.3, -0.25) is 9.36 Å². The van der Waals surface area contributed by atoms with Gasteiger partial charge in [-0.05, 0) is 42.3 Å². The Morgan fingerprint density at radius 1 is 1.25 bits per heavy atom. The number of ether oxygens (including phenoxy) is 2. The number of aromatic nitrogens is 2. The number of nitrogens with zero attached hydrogens (tertiary/aromatic N) is 3. The smallest absolute Gasteiger partial charge is 0.262 e. The highest BCUT2D eigenvalue weighted by molar-refractivity contribution is 5.82. The first-order valence-electron chi connectivity index (χ1n) is 8.78. The second-order valence-electron chi connectivity index (χ2n) is 6.06. The minimum Gasteiger partial charge on any atom is -0.504 e. The Labute approximate surface area is 162 Å². The first-order chi connectivity index (χ1) is 13.6. The molecule has 1 heterocycles. The molecule has 1 aromatic heterocycles. The average Bonchev–Trinajstić information content (AvgIpc) is 2.71. The number of rotatable bonds is 8. The molecule has 0 unspecified atom stereocenters. The van der Waals surface area contributed by atoms with Gasteiger partial charge in [0.25, 0.3) is 5.56 Å². The summed E-state index contributed by atoms with van der Waals surface area (Å²) in [5.41, 5.74) is 4.03. The van der Waals surface area contributed by atoms with Crippen LogP contribution in [0.5, 0.6) is 11.5 Å². The molecule has 2 N–H and O–H groups in total. The SMILES string of the molecule is COCCCn1c(N/N=C/c2ccc(O)c(OC)c2)nc2ccccc2c1=O. The predicted octanol–water partition coefficient (Wildman–Crippen LogP) is 2.59. The van der Waals surface area contributed by atoms with Gasteiger partial charge >= 0.3 is 0 Å². The quantitative estimate of drug-likeness (QED) is 0.353. The number of para-hydroxylation sites is 1. The summed E-state index contributed by atoms with van der Waals surface area (Å²) in [5.74, 6) is 0.752. The third-order valence-electron chi connectivity index (χ3n) is 4.17. The van der Waals surface area contributed by atoms with E-state index in [0.717, 1.165) is 5.56 Å². The van der Waals surface area contributed by atoms with Crippen LogP contribution in [-0.4, -0.2) is 41.7 Å². The summed E-state index contributed by atoms with van der Waals surface area (Å²) in [6.07, 6.45) is 2.23. The lowest BCUT2D eigenvalue weighted by atomic mass is 10.2. The maximum atomic E-state index is 12.8. The van der Waals surface area contributed by atoms with Gasteiger partial charge in [0.1, 0.15) is 0 Å². The zero-order chi connectivity index (χ0) is 19.9. The number of phenolic OH excluding ortho intramolecular Hbond substituents is 1. The highest BCUT2D eigenvalue weighted by Gasteiger charge is 2.10. The van der Waals surface area contributed by atoms with Crippen LogP contribution >= 0.6 is 0 Å². The Morgan fingerprint density at radius 2 is 2.07 bits per heavy atom. The molecule has 3 aromatic rings. The van der Waals surface area contributed by atoms with Crippen LogP contribution in [0.2, 0.25) is 0 Å². The summed E-state index contributed by atoms with van der Waals surface area (Å²) >= 11 is 0. The van der Waals surface area contributed by atoms with E-state index >= 15 is 0 Å². The Balaban J connectivity index is 1.90. The van der Waals surface area contributed by atoms with Crippen LogP contribution in [0.15, 0.2) is 52.4 Å². The highest BCUT2D eigenvalue weighted by Crippen LogP contribution is 2.25. The third kappa shape index (κ3) is 4.29. The predicted molar refractivity (Wildman–Crippen MR) is 108 cm³/mol. The molecule has 0 radical (unpaired) electrons. The lowest BCUT2D eigenvalue weighted by Crippen LogP contribution is -2.24. The van der Waals surface area contributed by atoms with Gasteiger partial charge in [0.15, 0.2) is 11.5 Å². The van der Waals surface area contributed by atoms with Gasteiger partial charge < -0.3 is 14.6 Å². The van der Waals surface area contributed by atoms with E-state index in [2.05, 4.69) is 15.5 Å². The van der Waals surface area contributed by atoms with Crippen molar-refractivity contribution in [3.8, 4) is 11.5 Å². The van der Waals surface area contributed by atoms with E-state index in [1.165, 1.54) is 13.2 Å². The second kappa shape index (κ2) is 9.01. The van der Waals surface area contributed by atoms with Crippen molar-refractivity contribution >= 4 is 23.1 Å². The summed E-state index contributed by atoms with van der Waals surface area (Å²) < 4.78 is 11.7. The molecule has 0 bridgehead atoms. The van der Waals surface area contributed by atoms with E-state index in [4.69, 9.17) is 9.47 Å². The standard InChI is InChI=1S/C20H22N4O4/c1-27-11-5-10-24-19(26)15-6-3-4-7-16(15)22-20(24)23-21-13-14-8-9-17(25)18(12-14)28-2/h3-4,6-9,12-13,25H,5,10-11H2,1-2H3,(H,22,23)/b21-13+. The van der Waals surface area contributed by atoms with Crippen molar-refractivity contribution in [2.45, 2.75) is 13.0 Å². The first kappa shape index (κ1) is 19.4. The molecule has 0 atom stereocenters. The zero-order valence-corrected chi connectivity index (χ0v) is 15.8. The van der Waals surface area contributed by atoms with Crippen LogP contribution < -0.4 is 15.7 Å². The Morgan fingerprint density at radius 3 is 2.86 bits per heavy atom. The minimum atomic E-state index is -0.134. The molecular weight excluding hydrogens is 360 g/mol. The van der Waals surface area contributed by atoms with Crippen molar-refractivity contribution in [3.63, 3.8) is 0 Å². The molecule has 0 aliphatic rings. The molecule has 0 saturated heterocycles. The van der Waals surface area contributed by atoms with Crippen molar-refractivity contribution in [2.24, 2.45) is 5.10 Å². The summed E-state index contributed by atoms with van der Waals surface area (Å²) in [4.78, 5) is 17.4. The number of nitrogens with one attached hydrogen (secondary N) is 1. The van der Waals surface area contributed by atoms with Crippen molar-refractivity contribution in [2.75, 3.05) is 26.3 Å². The van der Waals surface area contributed by atoms with Crippen LogP contribution in [-0.2, 0) is 11.3 Å². The molecule has 0 saturated carbocycles. The fraction of sp³-hybridized carbons (Fsp3) is 0.250. The summed E-state index contributed by atoms with van der Waals surface area (Å²) in [6.45, 7) is 0.991. The summed E-state index contributed by atoms with van der Waals surface area (Å²) in [6, 6.07) is 12.1. The molecular formula is C20H22N4O4. The van der Waals surface area contributed by atoms with Gasteiger partial charge in [-0.15, -0.1) is 0 Å².